The smallest absolute Gasteiger partial charge is 0.191 e. The highest BCUT2D eigenvalue weighted by atomic mass is 16.5. The van der Waals surface area contributed by atoms with Crippen molar-refractivity contribution >= 4 is 5.96 Å². The molecule has 0 spiro atoms. The van der Waals surface area contributed by atoms with Gasteiger partial charge in [-0.1, -0.05) is 12.1 Å². The predicted octanol–water partition coefficient (Wildman–Crippen LogP) is 2.55. The summed E-state index contributed by atoms with van der Waals surface area (Å²) >= 11 is 0. The van der Waals surface area contributed by atoms with Crippen molar-refractivity contribution < 1.29 is 4.74 Å². The topological polar surface area (TPSA) is 45.7 Å². The van der Waals surface area contributed by atoms with Gasteiger partial charge in [0.25, 0.3) is 0 Å². The van der Waals surface area contributed by atoms with Crippen molar-refractivity contribution in [3.05, 3.63) is 29.8 Å². The first-order valence-corrected chi connectivity index (χ1v) is 6.74. The van der Waals surface area contributed by atoms with Crippen LogP contribution in [-0.4, -0.2) is 25.2 Å². The number of rotatable bonds is 5. The van der Waals surface area contributed by atoms with Gasteiger partial charge < -0.3 is 15.4 Å². The molecule has 1 aromatic carbocycles. The number of aliphatic imine (C=N–C) groups is 1. The van der Waals surface area contributed by atoms with Crippen LogP contribution in [0.3, 0.4) is 0 Å². The molecule has 0 amide bonds. The number of guanidine groups is 1. The van der Waals surface area contributed by atoms with E-state index in [-0.39, 0.29) is 6.10 Å². The Bertz CT molecular complexity index is 396. The lowest BCUT2D eigenvalue weighted by Crippen LogP contribution is -2.40. The lowest BCUT2D eigenvalue weighted by Gasteiger charge is -2.15. The maximum Gasteiger partial charge on any atom is 0.191 e. The molecule has 0 aliphatic heterocycles. The average Bonchev–Trinajstić information content (AvgIpc) is 2.35. The third-order valence-electron chi connectivity index (χ3n) is 2.40. The van der Waals surface area contributed by atoms with E-state index in [1.165, 1.54) is 5.56 Å². The van der Waals surface area contributed by atoms with Crippen molar-refractivity contribution in [3.63, 3.8) is 0 Å². The van der Waals surface area contributed by atoms with Gasteiger partial charge in [-0.3, -0.25) is 4.99 Å². The van der Waals surface area contributed by atoms with Gasteiger partial charge in [0.1, 0.15) is 5.75 Å². The Kier molecular flexibility index (Phi) is 6.19. The molecule has 0 bridgehead atoms. The average molecular weight is 263 g/mol. The number of benzene rings is 1. The quantitative estimate of drug-likeness (QED) is 0.634. The van der Waals surface area contributed by atoms with Crippen LogP contribution in [-0.2, 0) is 6.54 Å². The van der Waals surface area contributed by atoms with E-state index in [9.17, 15) is 0 Å². The number of ether oxygens (including phenoxy) is 1. The predicted molar refractivity (Wildman–Crippen MR) is 80.7 cm³/mol. The van der Waals surface area contributed by atoms with Crippen LogP contribution < -0.4 is 15.4 Å². The van der Waals surface area contributed by atoms with Crippen LogP contribution in [0.2, 0.25) is 0 Å². The second kappa shape index (κ2) is 7.67. The highest BCUT2D eigenvalue weighted by Crippen LogP contribution is 2.13. The maximum absolute atomic E-state index is 5.61. The van der Waals surface area contributed by atoms with Gasteiger partial charge in [0.05, 0.1) is 6.10 Å². The van der Waals surface area contributed by atoms with E-state index in [1.807, 2.05) is 26.0 Å². The van der Waals surface area contributed by atoms with Crippen molar-refractivity contribution in [2.45, 2.75) is 46.4 Å². The normalized spacial score (nSPS) is 11.8. The van der Waals surface area contributed by atoms with Gasteiger partial charge in [0, 0.05) is 19.6 Å². The van der Waals surface area contributed by atoms with Gasteiger partial charge >= 0.3 is 0 Å². The van der Waals surface area contributed by atoms with E-state index < -0.39 is 0 Å². The molecule has 2 N–H and O–H groups in total. The molecule has 0 atom stereocenters. The summed E-state index contributed by atoms with van der Waals surface area (Å²) in [5, 5.41) is 6.53. The fourth-order valence-corrected chi connectivity index (χ4v) is 1.61. The third kappa shape index (κ3) is 6.13. The van der Waals surface area contributed by atoms with Gasteiger partial charge in [-0.2, -0.15) is 0 Å². The highest BCUT2D eigenvalue weighted by molar-refractivity contribution is 5.79. The van der Waals surface area contributed by atoms with Crippen molar-refractivity contribution in [1.82, 2.24) is 10.6 Å². The molecule has 0 saturated carbocycles. The zero-order chi connectivity index (χ0) is 14.3. The monoisotopic (exact) mass is 263 g/mol. The summed E-state index contributed by atoms with van der Waals surface area (Å²) in [6.07, 6.45) is 0.207. The van der Waals surface area contributed by atoms with Crippen molar-refractivity contribution in [3.8, 4) is 5.75 Å². The molecule has 0 saturated heterocycles. The summed E-state index contributed by atoms with van der Waals surface area (Å²) < 4.78 is 5.61. The standard InChI is InChI=1S/C15H25N3O/c1-11(2)18-15(16-5)17-10-13-6-8-14(9-7-13)19-12(3)4/h6-9,11-12H,10H2,1-5H3,(H2,16,17,18). The van der Waals surface area contributed by atoms with Crippen LogP contribution >= 0.6 is 0 Å². The molecule has 0 aromatic heterocycles. The minimum atomic E-state index is 0.207. The Morgan fingerprint density at radius 1 is 1.16 bits per heavy atom. The Labute approximate surface area is 116 Å². The number of hydrogen-bond acceptors (Lipinski definition) is 2. The fourth-order valence-electron chi connectivity index (χ4n) is 1.61. The van der Waals surface area contributed by atoms with Gasteiger partial charge in [-0.25, -0.2) is 0 Å². The summed E-state index contributed by atoms with van der Waals surface area (Å²) in [6.45, 7) is 8.97. The van der Waals surface area contributed by atoms with Crippen LogP contribution in [0.4, 0.5) is 0 Å². The number of hydrogen-bond donors (Lipinski definition) is 2. The van der Waals surface area contributed by atoms with Crippen LogP contribution in [0.5, 0.6) is 5.75 Å². The van der Waals surface area contributed by atoms with Gasteiger partial charge in [-0.15, -0.1) is 0 Å². The highest BCUT2D eigenvalue weighted by Gasteiger charge is 2.01. The molecule has 0 fully saturated rings. The zero-order valence-electron chi connectivity index (χ0n) is 12.5. The van der Waals surface area contributed by atoms with E-state index in [4.69, 9.17) is 4.74 Å². The van der Waals surface area contributed by atoms with E-state index in [1.54, 1.807) is 7.05 Å². The molecule has 4 heteroatoms. The van der Waals surface area contributed by atoms with Crippen LogP contribution in [0.1, 0.15) is 33.3 Å². The van der Waals surface area contributed by atoms with Gasteiger partial charge in [-0.05, 0) is 45.4 Å². The SMILES string of the molecule is CN=C(NCc1ccc(OC(C)C)cc1)NC(C)C. The summed E-state index contributed by atoms with van der Waals surface area (Å²) in [4.78, 5) is 4.17. The molecular weight excluding hydrogens is 238 g/mol. The van der Waals surface area contributed by atoms with E-state index in [2.05, 4.69) is 41.6 Å². The Hall–Kier alpha value is -1.71. The zero-order valence-corrected chi connectivity index (χ0v) is 12.5. The summed E-state index contributed by atoms with van der Waals surface area (Å²) in [5.74, 6) is 1.72. The fraction of sp³-hybridized carbons (Fsp3) is 0.533. The number of nitrogens with zero attached hydrogens (tertiary/aromatic N) is 1. The first-order valence-electron chi connectivity index (χ1n) is 6.74. The van der Waals surface area contributed by atoms with Crippen molar-refractivity contribution in [2.75, 3.05) is 7.05 Å². The Balaban J connectivity index is 2.49. The second-order valence-corrected chi connectivity index (χ2v) is 5.04. The lowest BCUT2D eigenvalue weighted by molar-refractivity contribution is 0.242. The molecule has 0 radical (unpaired) electrons. The molecule has 0 heterocycles. The largest absolute Gasteiger partial charge is 0.491 e. The molecule has 0 aliphatic carbocycles. The minimum Gasteiger partial charge on any atom is -0.491 e. The maximum atomic E-state index is 5.61. The van der Waals surface area contributed by atoms with Crippen molar-refractivity contribution in [2.24, 2.45) is 4.99 Å². The molecular formula is C15H25N3O. The van der Waals surface area contributed by atoms with Gasteiger partial charge in [0.2, 0.25) is 0 Å². The van der Waals surface area contributed by atoms with Crippen molar-refractivity contribution in [1.29, 1.82) is 0 Å². The summed E-state index contributed by atoms with van der Waals surface area (Å²) in [6, 6.07) is 8.49. The Morgan fingerprint density at radius 2 is 1.79 bits per heavy atom. The summed E-state index contributed by atoms with van der Waals surface area (Å²) in [7, 11) is 1.78. The molecule has 4 nitrogen and oxygen atoms in total. The minimum absolute atomic E-state index is 0.207. The van der Waals surface area contributed by atoms with E-state index in [0.717, 1.165) is 18.3 Å². The molecule has 0 unspecified atom stereocenters. The summed E-state index contributed by atoms with van der Waals surface area (Å²) in [5.41, 5.74) is 1.20. The first kappa shape index (κ1) is 15.3. The third-order valence-corrected chi connectivity index (χ3v) is 2.40. The van der Waals surface area contributed by atoms with E-state index >= 15 is 0 Å². The Morgan fingerprint density at radius 3 is 2.26 bits per heavy atom. The molecule has 1 rings (SSSR count). The first-order chi connectivity index (χ1) is 9.01. The van der Waals surface area contributed by atoms with E-state index in [0.29, 0.717) is 6.04 Å². The molecule has 0 aliphatic rings. The van der Waals surface area contributed by atoms with Crippen LogP contribution in [0.15, 0.2) is 29.3 Å². The van der Waals surface area contributed by atoms with Crippen LogP contribution in [0.25, 0.3) is 0 Å². The molecule has 106 valence electrons. The van der Waals surface area contributed by atoms with Crippen LogP contribution in [0, 0.1) is 0 Å². The second-order valence-electron chi connectivity index (χ2n) is 5.04. The molecule has 19 heavy (non-hydrogen) atoms. The molecule has 1 aromatic rings. The number of nitrogens with one attached hydrogen (secondary N) is 2. The lowest BCUT2D eigenvalue weighted by atomic mass is 10.2. The van der Waals surface area contributed by atoms with Gasteiger partial charge in [0.15, 0.2) is 5.96 Å².